The second-order valence-corrected chi connectivity index (χ2v) is 9.06. The van der Waals surface area contributed by atoms with Crippen molar-refractivity contribution in [2.75, 3.05) is 20.3 Å². The lowest BCUT2D eigenvalue weighted by Crippen LogP contribution is -2.35. The lowest BCUT2D eigenvalue weighted by atomic mass is 10.1. The number of rotatable bonds is 7. The van der Waals surface area contributed by atoms with Gasteiger partial charge in [-0.05, 0) is 68.3 Å². The SMILES string of the molecule is COc1ccc2[nH]c(=O)c(CN(Cc3nnnn3C(C)(C)C)C[C@@H]3CCCO3)cc2c1. The van der Waals surface area contributed by atoms with E-state index in [1.807, 2.05) is 28.9 Å². The average molecular weight is 427 g/mol. The summed E-state index contributed by atoms with van der Waals surface area (Å²) >= 11 is 0. The van der Waals surface area contributed by atoms with Gasteiger partial charge in [0.1, 0.15) is 5.75 Å². The van der Waals surface area contributed by atoms with Crippen molar-refractivity contribution in [3.05, 3.63) is 46.0 Å². The first-order valence-electron chi connectivity index (χ1n) is 10.6. The molecule has 0 amide bonds. The maximum Gasteiger partial charge on any atom is 0.252 e. The second-order valence-electron chi connectivity index (χ2n) is 9.06. The Labute approximate surface area is 181 Å². The third kappa shape index (κ3) is 4.94. The van der Waals surface area contributed by atoms with Crippen LogP contribution in [0.2, 0.25) is 0 Å². The Morgan fingerprint density at radius 1 is 1.29 bits per heavy atom. The normalized spacial score (nSPS) is 17.0. The van der Waals surface area contributed by atoms with Gasteiger partial charge in [-0.2, -0.15) is 0 Å². The second kappa shape index (κ2) is 8.76. The van der Waals surface area contributed by atoms with E-state index in [2.05, 4.69) is 46.2 Å². The molecule has 0 aliphatic carbocycles. The van der Waals surface area contributed by atoms with E-state index in [-0.39, 0.29) is 17.2 Å². The van der Waals surface area contributed by atoms with Crippen molar-refractivity contribution in [2.24, 2.45) is 0 Å². The molecule has 1 N–H and O–H groups in total. The van der Waals surface area contributed by atoms with Crippen LogP contribution in [0.3, 0.4) is 0 Å². The average Bonchev–Trinajstić information content (AvgIpc) is 3.40. The number of pyridine rings is 1. The van der Waals surface area contributed by atoms with Crippen LogP contribution in [0.1, 0.15) is 45.0 Å². The first-order chi connectivity index (χ1) is 14.8. The van der Waals surface area contributed by atoms with Crippen molar-refractivity contribution in [3.8, 4) is 5.75 Å². The predicted molar refractivity (Wildman–Crippen MR) is 117 cm³/mol. The monoisotopic (exact) mass is 426 g/mol. The number of H-pyrrole nitrogens is 1. The predicted octanol–water partition coefficient (Wildman–Crippen LogP) is 2.46. The molecule has 1 aliphatic heterocycles. The van der Waals surface area contributed by atoms with Crippen LogP contribution < -0.4 is 10.3 Å². The lowest BCUT2D eigenvalue weighted by Gasteiger charge is -2.26. The number of benzene rings is 1. The van der Waals surface area contributed by atoms with E-state index in [1.165, 1.54) is 0 Å². The van der Waals surface area contributed by atoms with Crippen LogP contribution in [0.15, 0.2) is 29.1 Å². The van der Waals surface area contributed by atoms with Gasteiger partial charge in [0.2, 0.25) is 0 Å². The maximum atomic E-state index is 12.8. The molecule has 3 heterocycles. The Hall–Kier alpha value is -2.78. The van der Waals surface area contributed by atoms with Crippen molar-refractivity contribution in [3.63, 3.8) is 0 Å². The summed E-state index contributed by atoms with van der Waals surface area (Å²) in [5.74, 6) is 1.52. The number of methoxy groups -OCH3 is 1. The van der Waals surface area contributed by atoms with Crippen molar-refractivity contribution in [1.29, 1.82) is 0 Å². The Morgan fingerprint density at radius 3 is 2.84 bits per heavy atom. The Bertz CT molecular complexity index is 1090. The van der Waals surface area contributed by atoms with Gasteiger partial charge in [-0.25, -0.2) is 4.68 Å². The van der Waals surface area contributed by atoms with Crippen LogP contribution in [0.4, 0.5) is 0 Å². The molecule has 1 saturated heterocycles. The van der Waals surface area contributed by atoms with Crippen molar-refractivity contribution in [2.45, 2.75) is 58.3 Å². The maximum absolute atomic E-state index is 12.8. The van der Waals surface area contributed by atoms with E-state index >= 15 is 0 Å². The highest BCUT2D eigenvalue weighted by molar-refractivity contribution is 5.80. The molecule has 1 aliphatic rings. The molecule has 0 bridgehead atoms. The van der Waals surface area contributed by atoms with Crippen molar-refractivity contribution in [1.82, 2.24) is 30.1 Å². The molecular formula is C22H30N6O3. The molecule has 0 saturated carbocycles. The fourth-order valence-electron chi connectivity index (χ4n) is 4.00. The number of ether oxygens (including phenoxy) is 2. The largest absolute Gasteiger partial charge is 0.497 e. The van der Waals surface area contributed by atoms with E-state index in [9.17, 15) is 4.79 Å². The molecule has 0 unspecified atom stereocenters. The Morgan fingerprint density at radius 2 is 2.13 bits per heavy atom. The fourth-order valence-corrected chi connectivity index (χ4v) is 4.00. The molecule has 3 aromatic rings. The van der Waals surface area contributed by atoms with Crippen LogP contribution >= 0.6 is 0 Å². The summed E-state index contributed by atoms with van der Waals surface area (Å²) in [4.78, 5) is 18.0. The molecule has 31 heavy (non-hydrogen) atoms. The van der Waals surface area contributed by atoms with E-state index in [0.29, 0.717) is 25.2 Å². The van der Waals surface area contributed by atoms with Crippen LogP contribution in [0, 0.1) is 0 Å². The summed E-state index contributed by atoms with van der Waals surface area (Å²) in [6.07, 6.45) is 2.24. The topological polar surface area (TPSA) is 98.2 Å². The summed E-state index contributed by atoms with van der Waals surface area (Å²) in [6, 6.07) is 7.57. The number of nitrogens with zero attached hydrogens (tertiary/aromatic N) is 5. The van der Waals surface area contributed by atoms with Gasteiger partial charge in [-0.1, -0.05) is 0 Å². The molecule has 1 aromatic carbocycles. The third-order valence-corrected chi connectivity index (χ3v) is 5.54. The van der Waals surface area contributed by atoms with E-state index in [0.717, 1.165) is 41.9 Å². The summed E-state index contributed by atoms with van der Waals surface area (Å²) in [6.45, 7) is 8.70. The summed E-state index contributed by atoms with van der Waals surface area (Å²) < 4.78 is 13.0. The van der Waals surface area contributed by atoms with Crippen LogP contribution in [0.5, 0.6) is 5.75 Å². The number of nitrogens with one attached hydrogen (secondary N) is 1. The van der Waals surface area contributed by atoms with E-state index in [1.54, 1.807) is 7.11 Å². The number of hydrogen-bond acceptors (Lipinski definition) is 7. The highest BCUT2D eigenvalue weighted by atomic mass is 16.5. The van der Waals surface area contributed by atoms with Gasteiger partial charge in [0.05, 0.1) is 25.3 Å². The number of hydrogen-bond donors (Lipinski definition) is 1. The van der Waals surface area contributed by atoms with Gasteiger partial charge in [0.15, 0.2) is 5.82 Å². The van der Waals surface area contributed by atoms with E-state index in [4.69, 9.17) is 9.47 Å². The smallest absolute Gasteiger partial charge is 0.252 e. The van der Waals surface area contributed by atoms with Gasteiger partial charge >= 0.3 is 0 Å². The summed E-state index contributed by atoms with van der Waals surface area (Å²) in [7, 11) is 1.64. The number of tetrazole rings is 1. The van der Waals surface area contributed by atoms with Gasteiger partial charge in [0.25, 0.3) is 5.56 Å². The zero-order chi connectivity index (χ0) is 22.0. The van der Waals surface area contributed by atoms with Crippen molar-refractivity contribution < 1.29 is 9.47 Å². The number of fused-ring (bicyclic) bond motifs is 1. The Balaban J connectivity index is 1.63. The molecule has 9 nitrogen and oxygen atoms in total. The number of aromatic nitrogens is 5. The van der Waals surface area contributed by atoms with E-state index < -0.39 is 0 Å². The molecule has 1 fully saturated rings. The van der Waals surface area contributed by atoms with Gasteiger partial charge < -0.3 is 14.5 Å². The van der Waals surface area contributed by atoms with Crippen LogP contribution in [0.25, 0.3) is 10.9 Å². The summed E-state index contributed by atoms with van der Waals surface area (Å²) in [5.41, 5.74) is 1.15. The molecule has 4 rings (SSSR count). The molecule has 1 atom stereocenters. The van der Waals surface area contributed by atoms with Crippen LogP contribution in [-0.2, 0) is 23.4 Å². The highest BCUT2D eigenvalue weighted by Gasteiger charge is 2.25. The Kier molecular flexibility index (Phi) is 6.06. The molecule has 9 heteroatoms. The van der Waals surface area contributed by atoms with Crippen molar-refractivity contribution >= 4 is 10.9 Å². The summed E-state index contributed by atoms with van der Waals surface area (Å²) in [5, 5.41) is 13.2. The molecule has 0 radical (unpaired) electrons. The molecule has 0 spiro atoms. The minimum absolute atomic E-state index is 0.0922. The molecule has 166 valence electrons. The van der Waals surface area contributed by atoms with Gasteiger partial charge in [-0.3, -0.25) is 9.69 Å². The van der Waals surface area contributed by atoms with Gasteiger partial charge in [-0.15, -0.1) is 5.10 Å². The lowest BCUT2D eigenvalue weighted by molar-refractivity contribution is 0.0657. The standard InChI is InChI=1S/C22H30N6O3/c1-22(2,3)28-20(24-25-26-28)14-27(13-18-6-5-9-31-18)12-16-10-15-11-17(30-4)7-8-19(15)23-21(16)29/h7-8,10-11,18H,5-6,9,12-14H2,1-4H3,(H,23,29)/t18-/m0/s1. The first-order valence-corrected chi connectivity index (χ1v) is 10.6. The zero-order valence-electron chi connectivity index (χ0n) is 18.6. The quantitative estimate of drug-likeness (QED) is 0.620. The highest BCUT2D eigenvalue weighted by Crippen LogP contribution is 2.21. The first kappa shape index (κ1) is 21.5. The minimum Gasteiger partial charge on any atom is -0.497 e. The fraction of sp³-hybridized carbons (Fsp3) is 0.545. The van der Waals surface area contributed by atoms with Gasteiger partial charge in [0, 0.05) is 36.2 Å². The number of aromatic amines is 1. The molecular weight excluding hydrogens is 396 g/mol. The zero-order valence-corrected chi connectivity index (χ0v) is 18.6. The molecule has 2 aromatic heterocycles. The minimum atomic E-state index is -0.231. The van der Waals surface area contributed by atoms with Crippen LogP contribution in [-0.4, -0.2) is 56.5 Å². The third-order valence-electron chi connectivity index (χ3n) is 5.54.